The number of aromatic nitrogens is 2. The highest BCUT2D eigenvalue weighted by molar-refractivity contribution is 5.68. The standard InChI is InChI=1S/C10H7FN2O2/c11-8-3-1-7(2-4-8)9-5-6-13(12-9)10(14)15/h1-6H,(H,14,15). The molecule has 2 aromatic rings. The summed E-state index contributed by atoms with van der Waals surface area (Å²) in [6, 6.07) is 7.25. The number of benzene rings is 1. The molecule has 76 valence electrons. The molecule has 0 bridgehead atoms. The largest absolute Gasteiger partial charge is 0.463 e. The fourth-order valence-corrected chi connectivity index (χ4v) is 1.21. The Labute approximate surface area is 84.6 Å². The first kappa shape index (κ1) is 9.39. The van der Waals surface area contributed by atoms with Crippen LogP contribution in [-0.2, 0) is 0 Å². The molecule has 1 N–H and O–H groups in total. The van der Waals surface area contributed by atoms with Crippen molar-refractivity contribution >= 4 is 6.09 Å². The highest BCUT2D eigenvalue weighted by Gasteiger charge is 2.05. The van der Waals surface area contributed by atoms with Gasteiger partial charge in [-0.1, -0.05) is 0 Å². The molecule has 0 atom stereocenters. The second kappa shape index (κ2) is 3.53. The summed E-state index contributed by atoms with van der Waals surface area (Å²) >= 11 is 0. The zero-order valence-electron chi connectivity index (χ0n) is 7.59. The molecule has 1 heterocycles. The molecule has 15 heavy (non-hydrogen) atoms. The normalized spacial score (nSPS) is 10.2. The molecule has 0 unspecified atom stereocenters. The average Bonchev–Trinajstić information content (AvgIpc) is 2.68. The monoisotopic (exact) mass is 206 g/mol. The minimum atomic E-state index is -1.15. The van der Waals surface area contributed by atoms with Crippen molar-refractivity contribution in [3.63, 3.8) is 0 Å². The molecule has 0 saturated heterocycles. The zero-order valence-corrected chi connectivity index (χ0v) is 7.59. The number of carboxylic acid groups (broad SMARTS) is 1. The molecule has 0 radical (unpaired) electrons. The van der Waals surface area contributed by atoms with Crippen molar-refractivity contribution in [1.82, 2.24) is 9.78 Å². The first-order valence-corrected chi connectivity index (χ1v) is 4.22. The Kier molecular flexibility index (Phi) is 2.21. The molecular weight excluding hydrogens is 199 g/mol. The minimum absolute atomic E-state index is 0.337. The molecule has 0 spiro atoms. The van der Waals surface area contributed by atoms with Gasteiger partial charge in [0.15, 0.2) is 0 Å². The van der Waals surface area contributed by atoms with E-state index in [1.807, 2.05) is 0 Å². The molecule has 0 aliphatic rings. The maximum absolute atomic E-state index is 12.6. The Morgan fingerprint density at radius 2 is 1.93 bits per heavy atom. The van der Waals surface area contributed by atoms with E-state index < -0.39 is 6.09 Å². The van der Waals surface area contributed by atoms with Crippen molar-refractivity contribution in [2.45, 2.75) is 0 Å². The third-order valence-electron chi connectivity index (χ3n) is 1.93. The summed E-state index contributed by atoms with van der Waals surface area (Å²) < 4.78 is 13.4. The van der Waals surface area contributed by atoms with Crippen LogP contribution in [0.15, 0.2) is 36.5 Å². The molecule has 1 aromatic heterocycles. The first-order chi connectivity index (χ1) is 7.16. The van der Waals surface area contributed by atoms with Gasteiger partial charge in [0.25, 0.3) is 0 Å². The molecule has 0 fully saturated rings. The van der Waals surface area contributed by atoms with Gasteiger partial charge >= 0.3 is 6.09 Å². The number of halogens is 1. The summed E-state index contributed by atoms with van der Waals surface area (Å²) in [6.45, 7) is 0. The summed E-state index contributed by atoms with van der Waals surface area (Å²) in [5.41, 5.74) is 1.17. The van der Waals surface area contributed by atoms with Gasteiger partial charge in [0.05, 0.1) is 5.69 Å². The average molecular weight is 206 g/mol. The minimum Gasteiger partial charge on any atom is -0.463 e. The Morgan fingerprint density at radius 3 is 2.47 bits per heavy atom. The van der Waals surface area contributed by atoms with Gasteiger partial charge in [-0.25, -0.2) is 9.18 Å². The van der Waals surface area contributed by atoms with E-state index in [4.69, 9.17) is 5.11 Å². The number of carbonyl (C=O) groups is 1. The van der Waals surface area contributed by atoms with Crippen LogP contribution in [0.5, 0.6) is 0 Å². The van der Waals surface area contributed by atoms with Crippen molar-refractivity contribution in [1.29, 1.82) is 0 Å². The summed E-state index contributed by atoms with van der Waals surface area (Å²) in [4.78, 5) is 10.5. The second-order valence-corrected chi connectivity index (χ2v) is 2.94. The fourth-order valence-electron chi connectivity index (χ4n) is 1.21. The van der Waals surface area contributed by atoms with E-state index in [-0.39, 0.29) is 5.82 Å². The molecule has 0 aliphatic heterocycles. The highest BCUT2D eigenvalue weighted by atomic mass is 19.1. The van der Waals surface area contributed by atoms with Crippen LogP contribution in [0.2, 0.25) is 0 Å². The molecule has 2 rings (SSSR count). The van der Waals surface area contributed by atoms with E-state index in [1.54, 1.807) is 18.2 Å². The van der Waals surface area contributed by atoms with Gasteiger partial charge in [-0.2, -0.15) is 9.78 Å². The van der Waals surface area contributed by atoms with Crippen molar-refractivity contribution in [3.05, 3.63) is 42.3 Å². The lowest BCUT2D eigenvalue weighted by Gasteiger charge is -1.95. The van der Waals surface area contributed by atoms with Crippen LogP contribution in [0.4, 0.5) is 9.18 Å². The van der Waals surface area contributed by atoms with Gasteiger partial charge in [-0.15, -0.1) is 0 Å². The van der Waals surface area contributed by atoms with E-state index >= 15 is 0 Å². The predicted octanol–water partition coefficient (Wildman–Crippen LogP) is 2.22. The number of nitrogens with zero attached hydrogens (tertiary/aromatic N) is 2. The van der Waals surface area contributed by atoms with Crippen LogP contribution in [-0.4, -0.2) is 21.0 Å². The lowest BCUT2D eigenvalue weighted by molar-refractivity contribution is 0.192. The Bertz CT molecular complexity index is 490. The Morgan fingerprint density at radius 1 is 1.27 bits per heavy atom. The molecular formula is C10H7FN2O2. The molecule has 4 nitrogen and oxygen atoms in total. The second-order valence-electron chi connectivity index (χ2n) is 2.94. The topological polar surface area (TPSA) is 55.1 Å². The molecule has 0 amide bonds. The third-order valence-corrected chi connectivity index (χ3v) is 1.93. The molecule has 1 aromatic carbocycles. The van der Waals surface area contributed by atoms with Crippen molar-refractivity contribution in [2.24, 2.45) is 0 Å². The smallest absolute Gasteiger partial charge is 0.432 e. The van der Waals surface area contributed by atoms with Crippen molar-refractivity contribution < 1.29 is 14.3 Å². The van der Waals surface area contributed by atoms with Gasteiger partial charge in [0.1, 0.15) is 5.82 Å². The summed E-state index contributed by atoms with van der Waals surface area (Å²) in [6.07, 6.45) is 0.185. The highest BCUT2D eigenvalue weighted by Crippen LogP contribution is 2.16. The van der Waals surface area contributed by atoms with Gasteiger partial charge < -0.3 is 5.11 Å². The molecule has 0 saturated carbocycles. The SMILES string of the molecule is O=C(O)n1ccc(-c2ccc(F)cc2)n1. The van der Waals surface area contributed by atoms with Gasteiger partial charge in [0.2, 0.25) is 0 Å². The van der Waals surface area contributed by atoms with Crippen LogP contribution in [0.1, 0.15) is 0 Å². The van der Waals surface area contributed by atoms with E-state index in [0.717, 1.165) is 4.68 Å². The third kappa shape index (κ3) is 1.85. The maximum atomic E-state index is 12.6. The van der Waals surface area contributed by atoms with Crippen LogP contribution in [0.25, 0.3) is 11.3 Å². The molecule has 5 heteroatoms. The van der Waals surface area contributed by atoms with Crippen LogP contribution < -0.4 is 0 Å². The maximum Gasteiger partial charge on any atom is 0.432 e. The zero-order chi connectivity index (χ0) is 10.8. The van der Waals surface area contributed by atoms with Crippen LogP contribution >= 0.6 is 0 Å². The lowest BCUT2D eigenvalue weighted by Crippen LogP contribution is -2.07. The van der Waals surface area contributed by atoms with Crippen molar-refractivity contribution in [2.75, 3.05) is 0 Å². The number of rotatable bonds is 1. The van der Waals surface area contributed by atoms with Gasteiger partial charge in [0, 0.05) is 11.8 Å². The van der Waals surface area contributed by atoms with Gasteiger partial charge in [-0.3, -0.25) is 0 Å². The predicted molar refractivity (Wildman–Crippen MR) is 51.0 cm³/mol. The Hall–Kier alpha value is -2.17. The van der Waals surface area contributed by atoms with Crippen molar-refractivity contribution in [3.8, 4) is 11.3 Å². The van der Waals surface area contributed by atoms with Gasteiger partial charge in [-0.05, 0) is 30.3 Å². The summed E-state index contributed by atoms with van der Waals surface area (Å²) in [5, 5.41) is 12.4. The molecule has 0 aliphatic carbocycles. The first-order valence-electron chi connectivity index (χ1n) is 4.22. The van der Waals surface area contributed by atoms with E-state index in [0.29, 0.717) is 11.3 Å². The summed E-state index contributed by atoms with van der Waals surface area (Å²) in [7, 11) is 0. The quantitative estimate of drug-likeness (QED) is 0.778. The number of hydrogen-bond donors (Lipinski definition) is 1. The Balaban J connectivity index is 2.37. The van der Waals surface area contributed by atoms with E-state index in [1.165, 1.54) is 18.3 Å². The van der Waals surface area contributed by atoms with Crippen LogP contribution in [0.3, 0.4) is 0 Å². The summed E-state index contributed by atoms with van der Waals surface area (Å²) in [5.74, 6) is -0.337. The number of hydrogen-bond acceptors (Lipinski definition) is 2. The van der Waals surface area contributed by atoms with E-state index in [9.17, 15) is 9.18 Å². The fraction of sp³-hybridized carbons (Fsp3) is 0. The van der Waals surface area contributed by atoms with E-state index in [2.05, 4.69) is 5.10 Å². The van der Waals surface area contributed by atoms with Crippen LogP contribution in [0, 0.1) is 5.82 Å². The lowest BCUT2D eigenvalue weighted by atomic mass is 10.1.